The Balaban J connectivity index is 2.98. The van der Waals surface area contributed by atoms with Gasteiger partial charge in [0.15, 0.2) is 17.9 Å². The number of ether oxygens (including phenoxy) is 3. The van der Waals surface area contributed by atoms with Crippen molar-refractivity contribution in [2.75, 3.05) is 27.9 Å². The summed E-state index contributed by atoms with van der Waals surface area (Å²) in [5.74, 6) is -0.168. The van der Waals surface area contributed by atoms with Gasteiger partial charge in [0.2, 0.25) is 0 Å². The maximum atomic E-state index is 13.8. The van der Waals surface area contributed by atoms with Crippen LogP contribution in [0, 0.1) is 5.82 Å². The van der Waals surface area contributed by atoms with Crippen LogP contribution >= 0.6 is 0 Å². The summed E-state index contributed by atoms with van der Waals surface area (Å²) in [7, 11) is 4.57. The van der Waals surface area contributed by atoms with Crippen molar-refractivity contribution < 1.29 is 18.6 Å². The lowest BCUT2D eigenvalue weighted by atomic mass is 10.1. The van der Waals surface area contributed by atoms with E-state index >= 15 is 0 Å². The van der Waals surface area contributed by atoms with E-state index in [2.05, 4.69) is 12.2 Å². The van der Waals surface area contributed by atoms with Gasteiger partial charge in [0, 0.05) is 14.2 Å². The van der Waals surface area contributed by atoms with Gasteiger partial charge >= 0.3 is 0 Å². The number of rotatable bonds is 8. The minimum Gasteiger partial charge on any atom is -0.494 e. The van der Waals surface area contributed by atoms with Crippen molar-refractivity contribution in [1.82, 2.24) is 5.32 Å². The second kappa shape index (κ2) is 8.09. The summed E-state index contributed by atoms with van der Waals surface area (Å²) in [6.07, 6.45) is 0.495. The molecule has 0 amide bonds. The molecule has 0 heterocycles. The van der Waals surface area contributed by atoms with Gasteiger partial charge in [-0.2, -0.15) is 0 Å². The molecule has 0 aliphatic heterocycles. The van der Waals surface area contributed by atoms with Crippen molar-refractivity contribution in [2.45, 2.75) is 25.7 Å². The lowest BCUT2D eigenvalue weighted by Gasteiger charge is -2.26. The summed E-state index contributed by atoms with van der Waals surface area (Å²) in [6, 6.07) is 4.63. The Labute approximate surface area is 113 Å². The summed E-state index contributed by atoms with van der Waals surface area (Å²) >= 11 is 0. The van der Waals surface area contributed by atoms with Gasteiger partial charge in [0.25, 0.3) is 0 Å². The predicted octanol–water partition coefficient (Wildman–Crippen LogP) is 2.49. The van der Waals surface area contributed by atoms with E-state index in [-0.39, 0.29) is 11.8 Å². The fourth-order valence-corrected chi connectivity index (χ4v) is 1.92. The van der Waals surface area contributed by atoms with Gasteiger partial charge in [-0.1, -0.05) is 13.0 Å². The van der Waals surface area contributed by atoms with E-state index in [1.807, 2.05) is 0 Å². The van der Waals surface area contributed by atoms with Crippen molar-refractivity contribution in [2.24, 2.45) is 0 Å². The highest BCUT2D eigenvalue weighted by molar-refractivity contribution is 5.31. The van der Waals surface area contributed by atoms with Crippen LogP contribution in [0.2, 0.25) is 0 Å². The zero-order valence-corrected chi connectivity index (χ0v) is 11.9. The third kappa shape index (κ3) is 4.16. The molecule has 0 bridgehead atoms. The Bertz CT molecular complexity index is 383. The van der Waals surface area contributed by atoms with E-state index in [9.17, 15) is 4.39 Å². The van der Waals surface area contributed by atoms with E-state index in [1.54, 1.807) is 26.4 Å². The molecule has 1 aromatic rings. The van der Waals surface area contributed by atoms with Crippen LogP contribution in [0.25, 0.3) is 0 Å². The van der Waals surface area contributed by atoms with Crippen molar-refractivity contribution in [1.29, 1.82) is 0 Å². The van der Waals surface area contributed by atoms with Gasteiger partial charge in [0.05, 0.1) is 13.2 Å². The maximum absolute atomic E-state index is 13.8. The van der Waals surface area contributed by atoms with E-state index < -0.39 is 12.1 Å². The molecule has 5 heteroatoms. The van der Waals surface area contributed by atoms with Gasteiger partial charge in [-0.25, -0.2) is 4.39 Å². The standard InChI is InChI=1S/C14H22FNO3/c1-5-8-16-13(14(18-3)19-4)10-6-7-12(17-2)11(15)9-10/h6-7,9,13-14,16H,5,8H2,1-4H3. The number of methoxy groups -OCH3 is 3. The molecule has 1 aromatic carbocycles. The third-order valence-electron chi connectivity index (χ3n) is 2.89. The number of hydrogen-bond acceptors (Lipinski definition) is 4. The van der Waals surface area contributed by atoms with E-state index in [1.165, 1.54) is 13.2 Å². The molecule has 19 heavy (non-hydrogen) atoms. The quantitative estimate of drug-likeness (QED) is 0.737. The summed E-state index contributed by atoms with van der Waals surface area (Å²) in [6.45, 7) is 2.86. The highest BCUT2D eigenvalue weighted by atomic mass is 19.1. The molecule has 108 valence electrons. The van der Waals surface area contributed by atoms with Crippen molar-refractivity contribution in [3.8, 4) is 5.75 Å². The topological polar surface area (TPSA) is 39.7 Å². The molecule has 1 unspecified atom stereocenters. The highest BCUT2D eigenvalue weighted by Gasteiger charge is 2.23. The minimum atomic E-state index is -0.473. The lowest BCUT2D eigenvalue weighted by molar-refractivity contribution is -0.124. The summed E-state index contributed by atoms with van der Waals surface area (Å²) < 4.78 is 29.2. The van der Waals surface area contributed by atoms with Crippen molar-refractivity contribution >= 4 is 0 Å². The van der Waals surface area contributed by atoms with Crippen LogP contribution in [0.4, 0.5) is 4.39 Å². The second-order valence-corrected chi connectivity index (χ2v) is 4.17. The SMILES string of the molecule is CCCNC(c1ccc(OC)c(F)c1)C(OC)OC. The van der Waals surface area contributed by atoms with Crippen LogP contribution in [-0.2, 0) is 9.47 Å². The van der Waals surface area contributed by atoms with E-state index in [0.717, 1.165) is 18.5 Å². The number of benzene rings is 1. The third-order valence-corrected chi connectivity index (χ3v) is 2.89. The van der Waals surface area contributed by atoms with Crippen LogP contribution in [0.15, 0.2) is 18.2 Å². The van der Waals surface area contributed by atoms with E-state index in [0.29, 0.717) is 0 Å². The van der Waals surface area contributed by atoms with Gasteiger partial charge in [-0.15, -0.1) is 0 Å². The summed E-state index contributed by atoms with van der Waals surface area (Å²) in [4.78, 5) is 0. The first-order valence-corrected chi connectivity index (χ1v) is 6.30. The molecule has 1 N–H and O–H groups in total. The Kier molecular flexibility index (Phi) is 6.77. The number of nitrogens with one attached hydrogen (secondary N) is 1. The van der Waals surface area contributed by atoms with E-state index in [4.69, 9.17) is 14.2 Å². The fourth-order valence-electron chi connectivity index (χ4n) is 1.92. The molecule has 0 spiro atoms. The predicted molar refractivity (Wildman–Crippen MR) is 71.8 cm³/mol. The molecule has 0 aromatic heterocycles. The molecule has 1 rings (SSSR count). The van der Waals surface area contributed by atoms with Gasteiger partial charge in [0.1, 0.15) is 0 Å². The Hall–Kier alpha value is -1.17. The smallest absolute Gasteiger partial charge is 0.176 e. The fraction of sp³-hybridized carbons (Fsp3) is 0.571. The van der Waals surface area contributed by atoms with Crippen LogP contribution in [-0.4, -0.2) is 34.2 Å². The van der Waals surface area contributed by atoms with Crippen LogP contribution in [0.5, 0.6) is 5.75 Å². The molecular weight excluding hydrogens is 249 g/mol. The zero-order chi connectivity index (χ0) is 14.3. The summed E-state index contributed by atoms with van der Waals surface area (Å²) in [5, 5.41) is 3.29. The van der Waals surface area contributed by atoms with Crippen LogP contribution < -0.4 is 10.1 Å². The molecule has 0 fully saturated rings. The normalized spacial score (nSPS) is 12.7. The summed E-state index contributed by atoms with van der Waals surface area (Å²) in [5.41, 5.74) is 0.764. The first-order valence-electron chi connectivity index (χ1n) is 6.30. The average Bonchev–Trinajstić information content (AvgIpc) is 2.43. The first-order chi connectivity index (χ1) is 9.17. The zero-order valence-electron chi connectivity index (χ0n) is 11.9. The van der Waals surface area contributed by atoms with Gasteiger partial charge in [-0.3, -0.25) is 0 Å². The maximum Gasteiger partial charge on any atom is 0.176 e. The monoisotopic (exact) mass is 271 g/mol. The molecule has 0 aliphatic carbocycles. The molecule has 1 atom stereocenters. The molecule has 0 aliphatic rings. The molecular formula is C14H22FNO3. The van der Waals surface area contributed by atoms with Crippen molar-refractivity contribution in [3.63, 3.8) is 0 Å². The molecule has 0 saturated carbocycles. The van der Waals surface area contributed by atoms with Crippen LogP contribution in [0.1, 0.15) is 24.9 Å². The van der Waals surface area contributed by atoms with Gasteiger partial charge < -0.3 is 19.5 Å². The van der Waals surface area contributed by atoms with Crippen molar-refractivity contribution in [3.05, 3.63) is 29.6 Å². The Morgan fingerprint density at radius 1 is 1.21 bits per heavy atom. The highest BCUT2D eigenvalue weighted by Crippen LogP contribution is 2.25. The lowest BCUT2D eigenvalue weighted by Crippen LogP contribution is -2.35. The number of halogens is 1. The van der Waals surface area contributed by atoms with Gasteiger partial charge in [-0.05, 0) is 30.7 Å². The minimum absolute atomic E-state index is 0.226. The Morgan fingerprint density at radius 3 is 2.37 bits per heavy atom. The largest absolute Gasteiger partial charge is 0.494 e. The Morgan fingerprint density at radius 2 is 1.89 bits per heavy atom. The molecule has 0 saturated heterocycles. The molecule has 4 nitrogen and oxygen atoms in total. The van der Waals surface area contributed by atoms with Crippen LogP contribution in [0.3, 0.4) is 0 Å². The second-order valence-electron chi connectivity index (χ2n) is 4.17. The molecule has 0 radical (unpaired) electrons. The average molecular weight is 271 g/mol. The number of hydrogen-bond donors (Lipinski definition) is 1. The first kappa shape index (κ1) is 15.9.